The van der Waals surface area contributed by atoms with Gasteiger partial charge in [0.25, 0.3) is 5.56 Å². The molecule has 0 aliphatic heterocycles. The van der Waals surface area contributed by atoms with Gasteiger partial charge in [-0.15, -0.1) is 0 Å². The monoisotopic (exact) mass is 523 g/mol. The Morgan fingerprint density at radius 2 is 1.63 bits per heavy atom. The summed E-state index contributed by atoms with van der Waals surface area (Å²) in [5.74, 6) is -1.43. The molecule has 3 aromatic carbocycles. The summed E-state index contributed by atoms with van der Waals surface area (Å²) in [6.45, 7) is 3.40. The van der Waals surface area contributed by atoms with Gasteiger partial charge in [0.1, 0.15) is 23.2 Å². The fourth-order valence-corrected chi connectivity index (χ4v) is 4.46. The van der Waals surface area contributed by atoms with E-state index in [2.05, 4.69) is 5.32 Å². The first-order valence-corrected chi connectivity index (χ1v) is 12.1. The highest BCUT2D eigenvalue weighted by Gasteiger charge is 2.23. The molecule has 0 fully saturated rings. The molecular weight excluding hydrogens is 495 g/mol. The fraction of sp³-hybridized carbons (Fsp3) is 0.241. The topological polar surface area (TPSA) is 65.3 Å². The summed E-state index contributed by atoms with van der Waals surface area (Å²) in [7, 11) is 1.50. The number of hydrogen-bond acceptors (Lipinski definition) is 4. The van der Waals surface area contributed by atoms with Gasteiger partial charge in [-0.05, 0) is 61.4 Å². The largest absolute Gasteiger partial charge is 0.497 e. The Labute approximate surface area is 217 Å². The van der Waals surface area contributed by atoms with Crippen LogP contribution >= 0.6 is 0 Å². The minimum absolute atomic E-state index is 0.209. The molecule has 0 amide bonds. The molecule has 9 heteroatoms. The molecular formula is C29H28F3N3O3. The standard InChI is InChI=1S/C29H28F3N3O3/c1-18(15-33-16-20-7-4-9-22(30)13-20)35-28(36)27(21-8-5-10-23(14-21)38-3)19(2)34(29(35)37)17-24-25(31)11-6-12-26(24)32/h4-14,18,33H,15-17H2,1-3H3/t18-/m1/s1. The van der Waals surface area contributed by atoms with E-state index in [-0.39, 0.29) is 29.2 Å². The van der Waals surface area contributed by atoms with Gasteiger partial charge in [-0.2, -0.15) is 0 Å². The Morgan fingerprint density at radius 1 is 0.947 bits per heavy atom. The maximum atomic E-state index is 14.5. The summed E-state index contributed by atoms with van der Waals surface area (Å²) in [5, 5.41) is 3.15. The first-order valence-electron chi connectivity index (χ1n) is 12.1. The lowest BCUT2D eigenvalue weighted by atomic mass is 10.0. The number of rotatable bonds is 9. The van der Waals surface area contributed by atoms with Crippen molar-refractivity contribution >= 4 is 0 Å². The Morgan fingerprint density at radius 3 is 2.32 bits per heavy atom. The lowest BCUT2D eigenvalue weighted by Crippen LogP contribution is -2.45. The third-order valence-corrected chi connectivity index (χ3v) is 6.47. The van der Waals surface area contributed by atoms with Crippen LogP contribution in [0.15, 0.2) is 76.3 Å². The van der Waals surface area contributed by atoms with E-state index in [1.54, 1.807) is 50.2 Å². The van der Waals surface area contributed by atoms with Crippen LogP contribution in [0.2, 0.25) is 0 Å². The molecule has 0 spiro atoms. The molecule has 4 rings (SSSR count). The van der Waals surface area contributed by atoms with E-state index in [1.807, 2.05) is 0 Å². The minimum Gasteiger partial charge on any atom is -0.497 e. The highest BCUT2D eigenvalue weighted by Crippen LogP contribution is 2.25. The highest BCUT2D eigenvalue weighted by molar-refractivity contribution is 5.66. The second kappa shape index (κ2) is 11.5. The van der Waals surface area contributed by atoms with E-state index >= 15 is 0 Å². The summed E-state index contributed by atoms with van der Waals surface area (Å²) in [4.78, 5) is 27.4. The van der Waals surface area contributed by atoms with Crippen molar-refractivity contribution in [2.45, 2.75) is 33.0 Å². The van der Waals surface area contributed by atoms with Gasteiger partial charge >= 0.3 is 5.69 Å². The first kappa shape index (κ1) is 26.9. The minimum atomic E-state index is -0.790. The maximum absolute atomic E-state index is 14.5. The van der Waals surface area contributed by atoms with Crippen molar-refractivity contribution in [3.05, 3.63) is 122 Å². The van der Waals surface area contributed by atoms with Crippen LogP contribution in [0.4, 0.5) is 13.2 Å². The summed E-state index contributed by atoms with van der Waals surface area (Å²) in [6.07, 6.45) is 0. The lowest BCUT2D eigenvalue weighted by Gasteiger charge is -2.22. The summed E-state index contributed by atoms with van der Waals surface area (Å²) >= 11 is 0. The van der Waals surface area contributed by atoms with Gasteiger partial charge in [0, 0.05) is 24.3 Å². The number of halogens is 3. The van der Waals surface area contributed by atoms with Crippen molar-refractivity contribution in [2.24, 2.45) is 0 Å². The van der Waals surface area contributed by atoms with Gasteiger partial charge in [0.2, 0.25) is 0 Å². The molecule has 198 valence electrons. The van der Waals surface area contributed by atoms with Crippen molar-refractivity contribution in [2.75, 3.05) is 13.7 Å². The van der Waals surface area contributed by atoms with Crippen LogP contribution in [0.25, 0.3) is 11.1 Å². The van der Waals surface area contributed by atoms with E-state index < -0.39 is 35.5 Å². The van der Waals surface area contributed by atoms with Crippen LogP contribution in [-0.4, -0.2) is 22.8 Å². The summed E-state index contributed by atoms with van der Waals surface area (Å²) in [5.41, 5.74) is 0.190. The van der Waals surface area contributed by atoms with Gasteiger partial charge in [-0.25, -0.2) is 18.0 Å². The van der Waals surface area contributed by atoms with Crippen molar-refractivity contribution in [3.8, 4) is 16.9 Å². The average Bonchev–Trinajstić information content (AvgIpc) is 2.88. The number of methoxy groups -OCH3 is 1. The number of hydrogen-bond donors (Lipinski definition) is 1. The van der Waals surface area contributed by atoms with Gasteiger partial charge in [0.05, 0.1) is 25.3 Å². The number of benzene rings is 3. The normalized spacial score (nSPS) is 11.9. The van der Waals surface area contributed by atoms with Crippen LogP contribution in [-0.2, 0) is 13.1 Å². The Bertz CT molecular complexity index is 1560. The molecule has 0 radical (unpaired) electrons. The Kier molecular flexibility index (Phi) is 8.16. The van der Waals surface area contributed by atoms with E-state index in [1.165, 1.54) is 29.9 Å². The second-order valence-electron chi connectivity index (χ2n) is 9.05. The Hall–Kier alpha value is -4.11. The average molecular weight is 524 g/mol. The molecule has 1 N–H and O–H groups in total. The molecule has 0 saturated heterocycles. The molecule has 0 unspecified atom stereocenters. The molecule has 0 bridgehead atoms. The van der Waals surface area contributed by atoms with Crippen LogP contribution in [0, 0.1) is 24.4 Å². The zero-order chi connectivity index (χ0) is 27.4. The van der Waals surface area contributed by atoms with Crippen LogP contribution in [0.1, 0.15) is 29.8 Å². The highest BCUT2D eigenvalue weighted by atomic mass is 19.1. The first-order chi connectivity index (χ1) is 18.2. The molecule has 4 aromatic rings. The number of aromatic nitrogens is 2. The summed E-state index contributed by atoms with van der Waals surface area (Å²) < 4.78 is 50.2. The Balaban J connectivity index is 1.80. The maximum Gasteiger partial charge on any atom is 0.331 e. The van der Waals surface area contributed by atoms with Crippen molar-refractivity contribution in [1.82, 2.24) is 14.5 Å². The van der Waals surface area contributed by atoms with E-state index in [4.69, 9.17) is 4.74 Å². The van der Waals surface area contributed by atoms with E-state index in [9.17, 15) is 22.8 Å². The third-order valence-electron chi connectivity index (χ3n) is 6.47. The van der Waals surface area contributed by atoms with E-state index in [0.717, 1.165) is 16.7 Å². The van der Waals surface area contributed by atoms with Crippen LogP contribution < -0.4 is 21.3 Å². The molecule has 6 nitrogen and oxygen atoms in total. The van der Waals surface area contributed by atoms with Gasteiger partial charge < -0.3 is 10.1 Å². The van der Waals surface area contributed by atoms with Crippen LogP contribution in [0.5, 0.6) is 5.75 Å². The van der Waals surface area contributed by atoms with Gasteiger partial charge in [0.15, 0.2) is 0 Å². The predicted molar refractivity (Wildman–Crippen MR) is 140 cm³/mol. The smallest absolute Gasteiger partial charge is 0.331 e. The molecule has 1 atom stereocenters. The number of nitrogens with zero attached hydrogens (tertiary/aromatic N) is 2. The molecule has 1 aromatic heterocycles. The number of nitrogens with one attached hydrogen (secondary N) is 1. The van der Waals surface area contributed by atoms with Crippen molar-refractivity contribution < 1.29 is 17.9 Å². The van der Waals surface area contributed by atoms with Gasteiger partial charge in [-0.1, -0.05) is 30.3 Å². The fourth-order valence-electron chi connectivity index (χ4n) is 4.46. The molecule has 38 heavy (non-hydrogen) atoms. The van der Waals surface area contributed by atoms with Gasteiger partial charge in [-0.3, -0.25) is 13.9 Å². The quantitative estimate of drug-likeness (QED) is 0.342. The summed E-state index contributed by atoms with van der Waals surface area (Å²) in [6, 6.07) is 15.8. The van der Waals surface area contributed by atoms with E-state index in [0.29, 0.717) is 23.4 Å². The SMILES string of the molecule is COc1cccc(-c2c(C)n(Cc3c(F)cccc3F)c(=O)n([C@H](C)CNCc3cccc(F)c3)c2=O)c1. The predicted octanol–water partition coefficient (Wildman–Crippen LogP) is 4.81. The van der Waals surface area contributed by atoms with Crippen molar-refractivity contribution in [1.29, 1.82) is 0 Å². The molecule has 0 saturated carbocycles. The van der Waals surface area contributed by atoms with Crippen molar-refractivity contribution in [3.63, 3.8) is 0 Å². The van der Waals surface area contributed by atoms with Crippen LogP contribution in [0.3, 0.4) is 0 Å². The molecule has 0 aliphatic rings. The molecule has 0 aliphatic carbocycles. The lowest BCUT2D eigenvalue weighted by molar-refractivity contribution is 0.415. The number of ether oxygens (including phenoxy) is 1. The molecule has 1 heterocycles. The zero-order valence-corrected chi connectivity index (χ0v) is 21.3. The second-order valence-corrected chi connectivity index (χ2v) is 9.05. The zero-order valence-electron chi connectivity index (χ0n) is 21.3. The third kappa shape index (κ3) is 5.57.